The van der Waals surface area contributed by atoms with Crippen LogP contribution in [-0.2, 0) is 0 Å². The number of nitrogens with zero attached hydrogens (tertiary/aromatic N) is 1. The van der Waals surface area contributed by atoms with Crippen molar-refractivity contribution in [2.45, 2.75) is 13.3 Å². The summed E-state index contributed by atoms with van der Waals surface area (Å²) in [5, 5.41) is 0. The molecule has 0 saturated heterocycles. The number of halogens is 6. The van der Waals surface area contributed by atoms with Crippen molar-refractivity contribution in [3.63, 3.8) is 0 Å². The highest BCUT2D eigenvalue weighted by Crippen LogP contribution is 2.24. The number of carbonyl (C=O) groups is 1. The first-order chi connectivity index (χ1) is 9.36. The number of hydrogen-bond acceptors (Lipinski definition) is 1. The van der Waals surface area contributed by atoms with E-state index in [0.717, 1.165) is 4.90 Å². The van der Waals surface area contributed by atoms with E-state index in [-0.39, 0.29) is 19.0 Å². The van der Waals surface area contributed by atoms with Gasteiger partial charge in [-0.1, -0.05) is 6.92 Å². The van der Waals surface area contributed by atoms with Crippen molar-refractivity contribution in [2.75, 3.05) is 19.0 Å². The Balaban J connectivity index is 3.34. The first kappa shape index (κ1) is 16.7. The summed E-state index contributed by atoms with van der Waals surface area (Å²) in [5.41, 5.74) is -1.46. The summed E-state index contributed by atoms with van der Waals surface area (Å²) in [7, 11) is 0. The van der Waals surface area contributed by atoms with Gasteiger partial charge < -0.3 is 4.90 Å². The van der Waals surface area contributed by atoms with Crippen molar-refractivity contribution in [1.29, 1.82) is 0 Å². The van der Waals surface area contributed by atoms with Crippen LogP contribution in [0.2, 0.25) is 0 Å². The number of carbonyl (C=O) groups excluding carboxylic acids is 1. The zero-order chi connectivity index (χ0) is 15.4. The Morgan fingerprint density at radius 3 is 1.80 bits per heavy atom. The average molecular weight is 316 g/mol. The van der Waals surface area contributed by atoms with E-state index in [1.807, 2.05) is 0 Å². The lowest BCUT2D eigenvalue weighted by Gasteiger charge is -2.21. The summed E-state index contributed by atoms with van der Waals surface area (Å²) in [6.45, 7) is 1.71. The molecular weight excluding hydrogens is 305 g/mol. The van der Waals surface area contributed by atoms with E-state index < -0.39 is 40.6 Å². The zero-order valence-electron chi connectivity index (χ0n) is 10.5. The molecule has 1 aromatic carbocycles. The molecule has 0 heterocycles. The van der Waals surface area contributed by atoms with Crippen LogP contribution in [0.5, 0.6) is 0 Å². The van der Waals surface area contributed by atoms with Gasteiger partial charge in [-0.25, -0.2) is 22.0 Å². The molecule has 1 rings (SSSR count). The predicted molar refractivity (Wildman–Crippen MR) is 63.1 cm³/mol. The van der Waals surface area contributed by atoms with Gasteiger partial charge >= 0.3 is 0 Å². The number of amides is 1. The Morgan fingerprint density at radius 2 is 1.40 bits per heavy atom. The second-order valence-electron chi connectivity index (χ2n) is 3.93. The highest BCUT2D eigenvalue weighted by Gasteiger charge is 2.31. The molecule has 1 amide bonds. The molecular formula is C12H11ClF5NO. The molecule has 0 fully saturated rings. The third-order valence-electron chi connectivity index (χ3n) is 2.56. The maximum Gasteiger partial charge on any atom is 0.260 e. The predicted octanol–water partition coefficient (Wildman–Crippen LogP) is 3.47. The van der Waals surface area contributed by atoms with E-state index in [1.54, 1.807) is 6.92 Å². The van der Waals surface area contributed by atoms with Gasteiger partial charge in [0.2, 0.25) is 5.82 Å². The number of rotatable bonds is 5. The van der Waals surface area contributed by atoms with Crippen molar-refractivity contribution >= 4 is 17.5 Å². The van der Waals surface area contributed by atoms with Crippen LogP contribution in [0.4, 0.5) is 22.0 Å². The second kappa shape index (κ2) is 6.88. The van der Waals surface area contributed by atoms with Crippen LogP contribution in [0.3, 0.4) is 0 Å². The quantitative estimate of drug-likeness (QED) is 0.353. The second-order valence-corrected chi connectivity index (χ2v) is 4.30. The fourth-order valence-electron chi connectivity index (χ4n) is 1.64. The normalized spacial score (nSPS) is 10.8. The van der Waals surface area contributed by atoms with Gasteiger partial charge in [-0.2, -0.15) is 0 Å². The zero-order valence-corrected chi connectivity index (χ0v) is 11.2. The van der Waals surface area contributed by atoms with Crippen molar-refractivity contribution < 1.29 is 26.7 Å². The Kier molecular flexibility index (Phi) is 5.74. The van der Waals surface area contributed by atoms with E-state index in [4.69, 9.17) is 11.6 Å². The van der Waals surface area contributed by atoms with E-state index in [9.17, 15) is 26.7 Å². The summed E-state index contributed by atoms with van der Waals surface area (Å²) in [6.07, 6.45) is 0.442. The SMILES string of the molecule is CCCN(CCCl)C(=O)c1c(F)c(F)c(F)c(F)c1F. The summed E-state index contributed by atoms with van der Waals surface area (Å²) >= 11 is 5.44. The maximum atomic E-state index is 13.5. The van der Waals surface area contributed by atoms with Gasteiger partial charge in [0.1, 0.15) is 5.56 Å². The summed E-state index contributed by atoms with van der Waals surface area (Å²) in [5.74, 6) is -12.2. The van der Waals surface area contributed by atoms with E-state index in [0.29, 0.717) is 6.42 Å². The van der Waals surface area contributed by atoms with Gasteiger partial charge in [0.25, 0.3) is 5.91 Å². The highest BCUT2D eigenvalue weighted by atomic mass is 35.5. The van der Waals surface area contributed by atoms with Crippen LogP contribution in [0.1, 0.15) is 23.7 Å². The van der Waals surface area contributed by atoms with Crippen LogP contribution < -0.4 is 0 Å². The van der Waals surface area contributed by atoms with Crippen molar-refractivity contribution in [2.24, 2.45) is 0 Å². The molecule has 20 heavy (non-hydrogen) atoms. The molecule has 0 aromatic heterocycles. The molecule has 0 saturated carbocycles. The smallest absolute Gasteiger partial charge is 0.260 e. The number of alkyl halides is 1. The molecule has 0 bridgehead atoms. The molecule has 0 aliphatic heterocycles. The molecule has 8 heteroatoms. The Morgan fingerprint density at radius 1 is 0.950 bits per heavy atom. The monoisotopic (exact) mass is 315 g/mol. The molecule has 1 aromatic rings. The van der Waals surface area contributed by atoms with Crippen LogP contribution >= 0.6 is 11.6 Å². The maximum absolute atomic E-state index is 13.5. The molecule has 0 unspecified atom stereocenters. The first-order valence-corrected chi connectivity index (χ1v) is 6.26. The van der Waals surface area contributed by atoms with Gasteiger partial charge in [-0.3, -0.25) is 4.79 Å². The standard InChI is InChI=1S/C12H11ClF5NO/c1-2-4-19(5-3-13)12(20)6-7(14)9(16)11(18)10(17)8(6)15/h2-5H2,1H3. The molecule has 0 spiro atoms. The third-order valence-corrected chi connectivity index (χ3v) is 2.73. The van der Waals surface area contributed by atoms with Crippen molar-refractivity contribution in [3.8, 4) is 0 Å². The Labute approximate surface area is 117 Å². The van der Waals surface area contributed by atoms with Crippen molar-refractivity contribution in [1.82, 2.24) is 4.90 Å². The van der Waals surface area contributed by atoms with Gasteiger partial charge in [0.15, 0.2) is 23.3 Å². The van der Waals surface area contributed by atoms with E-state index in [2.05, 4.69) is 0 Å². The molecule has 0 aliphatic carbocycles. The van der Waals surface area contributed by atoms with Gasteiger partial charge in [0, 0.05) is 19.0 Å². The van der Waals surface area contributed by atoms with Crippen LogP contribution in [0, 0.1) is 29.1 Å². The fraction of sp³-hybridized carbons (Fsp3) is 0.417. The van der Waals surface area contributed by atoms with Gasteiger partial charge in [-0.05, 0) is 6.42 Å². The van der Waals surface area contributed by atoms with Crippen molar-refractivity contribution in [3.05, 3.63) is 34.6 Å². The largest absolute Gasteiger partial charge is 0.337 e. The Hall–Kier alpha value is -1.37. The summed E-state index contributed by atoms with van der Waals surface area (Å²) < 4.78 is 66.0. The minimum absolute atomic E-state index is 0.0266. The average Bonchev–Trinajstić information content (AvgIpc) is 2.43. The summed E-state index contributed by atoms with van der Waals surface area (Å²) in [4.78, 5) is 12.8. The lowest BCUT2D eigenvalue weighted by Crippen LogP contribution is -2.35. The minimum Gasteiger partial charge on any atom is -0.337 e. The van der Waals surface area contributed by atoms with Crippen LogP contribution in [0.15, 0.2) is 0 Å². The molecule has 0 radical (unpaired) electrons. The number of hydrogen-bond donors (Lipinski definition) is 0. The molecule has 112 valence electrons. The highest BCUT2D eigenvalue weighted by molar-refractivity contribution is 6.18. The number of benzene rings is 1. The topological polar surface area (TPSA) is 20.3 Å². The molecule has 0 N–H and O–H groups in total. The van der Waals surface area contributed by atoms with E-state index in [1.165, 1.54) is 0 Å². The molecule has 2 nitrogen and oxygen atoms in total. The van der Waals surface area contributed by atoms with Crippen LogP contribution in [-0.4, -0.2) is 29.8 Å². The van der Waals surface area contributed by atoms with Gasteiger partial charge in [-0.15, -0.1) is 11.6 Å². The lowest BCUT2D eigenvalue weighted by atomic mass is 10.1. The lowest BCUT2D eigenvalue weighted by molar-refractivity contribution is 0.0752. The Bertz CT molecular complexity index is 488. The first-order valence-electron chi connectivity index (χ1n) is 5.73. The molecule has 0 aliphatic rings. The van der Waals surface area contributed by atoms with E-state index >= 15 is 0 Å². The minimum atomic E-state index is -2.30. The van der Waals surface area contributed by atoms with Gasteiger partial charge in [0.05, 0.1) is 0 Å². The van der Waals surface area contributed by atoms with Crippen LogP contribution in [0.25, 0.3) is 0 Å². The summed E-state index contributed by atoms with van der Waals surface area (Å²) in [6, 6.07) is 0. The molecule has 0 atom stereocenters. The fourth-order valence-corrected chi connectivity index (χ4v) is 1.84. The third kappa shape index (κ3) is 3.03.